The number of likely N-dealkylation sites (tertiary alicyclic amines) is 1. The fourth-order valence-corrected chi connectivity index (χ4v) is 1.56. The van der Waals surface area contributed by atoms with Gasteiger partial charge in [-0.25, -0.2) is 4.79 Å². The predicted molar refractivity (Wildman–Crippen MR) is 49.6 cm³/mol. The number of nitrogens with one attached hydrogen (secondary N) is 1. The van der Waals surface area contributed by atoms with Crippen molar-refractivity contribution in [2.24, 2.45) is 5.92 Å². The van der Waals surface area contributed by atoms with Crippen molar-refractivity contribution in [3.63, 3.8) is 0 Å². The summed E-state index contributed by atoms with van der Waals surface area (Å²) >= 11 is 1.26. The van der Waals surface area contributed by atoms with Crippen molar-refractivity contribution in [1.29, 1.82) is 5.26 Å². The van der Waals surface area contributed by atoms with Crippen LogP contribution in [0.25, 0.3) is 0 Å². The zero-order valence-corrected chi connectivity index (χ0v) is 7.99. The van der Waals surface area contributed by atoms with E-state index in [0.29, 0.717) is 18.2 Å². The van der Waals surface area contributed by atoms with Gasteiger partial charge in [-0.3, -0.25) is 5.32 Å². The third kappa shape index (κ3) is 1.65. The molecule has 2 amide bonds. The van der Waals surface area contributed by atoms with Crippen molar-refractivity contribution >= 4 is 22.5 Å². The maximum atomic E-state index is 11.4. The van der Waals surface area contributed by atoms with E-state index >= 15 is 0 Å². The second-order valence-corrected chi connectivity index (χ2v) is 3.74. The fraction of sp³-hybridized carbons (Fsp3) is 0.429. The second-order valence-electron chi connectivity index (χ2n) is 2.91. The Hall–Kier alpha value is -1.68. The number of rotatable bonds is 1. The number of carbonyl (C=O) groups is 1. The van der Waals surface area contributed by atoms with E-state index in [1.807, 2.05) is 0 Å². The number of hydrogen-bond acceptors (Lipinski definition) is 5. The third-order valence-electron chi connectivity index (χ3n) is 1.93. The molecule has 1 aliphatic heterocycles. The van der Waals surface area contributed by atoms with Gasteiger partial charge in [0.2, 0.25) is 5.13 Å². The van der Waals surface area contributed by atoms with Crippen LogP contribution in [0.15, 0.2) is 5.51 Å². The quantitative estimate of drug-likeness (QED) is 0.731. The Kier molecular flexibility index (Phi) is 2.28. The molecule has 0 bridgehead atoms. The summed E-state index contributed by atoms with van der Waals surface area (Å²) in [6.07, 6.45) is 0. The summed E-state index contributed by atoms with van der Waals surface area (Å²) in [5, 5.41) is 18.9. The van der Waals surface area contributed by atoms with Gasteiger partial charge < -0.3 is 4.90 Å². The van der Waals surface area contributed by atoms with E-state index in [1.165, 1.54) is 11.3 Å². The molecule has 1 saturated heterocycles. The average Bonchev–Trinajstić information content (AvgIpc) is 2.54. The standard InChI is InChI=1S/C7H7N5OS/c8-1-5-2-12(3-5)7(13)10-6-11-9-4-14-6/h4-5H,2-3H2,(H,10,11,13). The van der Waals surface area contributed by atoms with Crippen LogP contribution in [-0.4, -0.2) is 34.2 Å². The molecule has 0 saturated carbocycles. The maximum Gasteiger partial charge on any atom is 0.323 e. The first-order valence-corrected chi connectivity index (χ1v) is 4.89. The lowest BCUT2D eigenvalue weighted by molar-refractivity contribution is 0.156. The monoisotopic (exact) mass is 209 g/mol. The summed E-state index contributed by atoms with van der Waals surface area (Å²) in [5.74, 6) is -0.0184. The lowest BCUT2D eigenvalue weighted by Crippen LogP contribution is -2.51. The molecule has 7 heteroatoms. The Bertz CT molecular complexity index is 364. The summed E-state index contributed by atoms with van der Waals surface area (Å²) in [6.45, 7) is 1.00. The molecule has 1 aliphatic rings. The zero-order valence-electron chi connectivity index (χ0n) is 7.17. The molecule has 72 valence electrons. The van der Waals surface area contributed by atoms with Crippen LogP contribution in [0.2, 0.25) is 0 Å². The van der Waals surface area contributed by atoms with Crippen molar-refractivity contribution < 1.29 is 4.79 Å². The molecule has 0 radical (unpaired) electrons. The summed E-state index contributed by atoms with van der Waals surface area (Å²) < 4.78 is 0. The molecule has 14 heavy (non-hydrogen) atoms. The highest BCUT2D eigenvalue weighted by Crippen LogP contribution is 2.16. The van der Waals surface area contributed by atoms with E-state index in [2.05, 4.69) is 21.6 Å². The van der Waals surface area contributed by atoms with Gasteiger partial charge in [0.15, 0.2) is 0 Å². The first-order chi connectivity index (χ1) is 6.79. The SMILES string of the molecule is N#CC1CN(C(=O)Nc2nncs2)C1. The lowest BCUT2D eigenvalue weighted by atomic mass is 10.0. The minimum Gasteiger partial charge on any atom is -0.322 e. The topological polar surface area (TPSA) is 81.9 Å². The van der Waals surface area contributed by atoms with Crippen molar-refractivity contribution in [1.82, 2.24) is 15.1 Å². The minimum absolute atomic E-state index is 0.0184. The Morgan fingerprint density at radius 1 is 1.79 bits per heavy atom. The van der Waals surface area contributed by atoms with Crippen LogP contribution in [-0.2, 0) is 0 Å². The van der Waals surface area contributed by atoms with Gasteiger partial charge in [-0.2, -0.15) is 5.26 Å². The normalized spacial score (nSPS) is 15.8. The third-order valence-corrected chi connectivity index (χ3v) is 2.53. The molecule has 1 N–H and O–H groups in total. The Balaban J connectivity index is 1.84. The highest BCUT2D eigenvalue weighted by atomic mass is 32.1. The van der Waals surface area contributed by atoms with Gasteiger partial charge in [-0.1, -0.05) is 11.3 Å². The largest absolute Gasteiger partial charge is 0.323 e. The van der Waals surface area contributed by atoms with E-state index in [4.69, 9.17) is 5.26 Å². The van der Waals surface area contributed by atoms with Gasteiger partial charge in [0, 0.05) is 13.1 Å². The first kappa shape index (κ1) is 8.90. The zero-order chi connectivity index (χ0) is 9.97. The molecule has 0 atom stereocenters. The van der Waals surface area contributed by atoms with E-state index < -0.39 is 0 Å². The van der Waals surface area contributed by atoms with Gasteiger partial charge in [-0.15, -0.1) is 10.2 Å². The lowest BCUT2D eigenvalue weighted by Gasteiger charge is -2.34. The number of nitrogens with zero attached hydrogens (tertiary/aromatic N) is 4. The van der Waals surface area contributed by atoms with Crippen LogP contribution in [0, 0.1) is 17.2 Å². The van der Waals surface area contributed by atoms with Gasteiger partial charge in [-0.05, 0) is 0 Å². The average molecular weight is 209 g/mol. The number of hydrogen-bond donors (Lipinski definition) is 1. The van der Waals surface area contributed by atoms with Crippen LogP contribution in [0.4, 0.5) is 9.93 Å². The number of urea groups is 1. The molecule has 0 aliphatic carbocycles. The first-order valence-electron chi connectivity index (χ1n) is 4.01. The summed E-state index contributed by atoms with van der Waals surface area (Å²) in [4.78, 5) is 13.0. The molecule has 0 unspecified atom stereocenters. The molecular weight excluding hydrogens is 202 g/mol. The molecular formula is C7H7N5OS. The number of nitriles is 1. The minimum atomic E-state index is -0.215. The van der Waals surface area contributed by atoms with Crippen molar-refractivity contribution in [3.8, 4) is 6.07 Å². The number of anilines is 1. The van der Waals surface area contributed by atoms with Crippen LogP contribution < -0.4 is 5.32 Å². The van der Waals surface area contributed by atoms with Gasteiger partial charge >= 0.3 is 6.03 Å². The smallest absolute Gasteiger partial charge is 0.322 e. The number of amides is 2. The number of aromatic nitrogens is 2. The Morgan fingerprint density at radius 2 is 2.57 bits per heavy atom. The molecule has 1 aromatic heterocycles. The fourth-order valence-electron chi connectivity index (χ4n) is 1.12. The second kappa shape index (κ2) is 3.59. The van der Waals surface area contributed by atoms with Crippen LogP contribution >= 0.6 is 11.3 Å². The van der Waals surface area contributed by atoms with E-state index in [1.54, 1.807) is 10.4 Å². The molecule has 6 nitrogen and oxygen atoms in total. The predicted octanol–water partition coefficient (Wildman–Crippen LogP) is 0.525. The molecule has 2 rings (SSSR count). The molecule has 2 heterocycles. The van der Waals surface area contributed by atoms with Crippen molar-refractivity contribution in [2.45, 2.75) is 0 Å². The number of carbonyl (C=O) groups excluding carboxylic acids is 1. The van der Waals surface area contributed by atoms with Crippen LogP contribution in [0.5, 0.6) is 0 Å². The Labute approximate surface area is 84.2 Å². The highest BCUT2D eigenvalue weighted by molar-refractivity contribution is 7.13. The molecule has 0 spiro atoms. The molecule has 0 aromatic carbocycles. The van der Waals surface area contributed by atoms with E-state index in [-0.39, 0.29) is 11.9 Å². The van der Waals surface area contributed by atoms with E-state index in [0.717, 1.165) is 0 Å². The summed E-state index contributed by atoms with van der Waals surface area (Å²) in [5.41, 5.74) is 1.55. The summed E-state index contributed by atoms with van der Waals surface area (Å²) in [6, 6.07) is 1.88. The van der Waals surface area contributed by atoms with Crippen LogP contribution in [0.3, 0.4) is 0 Å². The molecule has 1 fully saturated rings. The summed E-state index contributed by atoms with van der Waals surface area (Å²) in [7, 11) is 0. The van der Waals surface area contributed by atoms with Crippen molar-refractivity contribution in [3.05, 3.63) is 5.51 Å². The molecule has 1 aromatic rings. The van der Waals surface area contributed by atoms with Crippen molar-refractivity contribution in [2.75, 3.05) is 18.4 Å². The van der Waals surface area contributed by atoms with Gasteiger partial charge in [0.25, 0.3) is 0 Å². The van der Waals surface area contributed by atoms with E-state index in [9.17, 15) is 4.79 Å². The van der Waals surface area contributed by atoms with Crippen LogP contribution in [0.1, 0.15) is 0 Å². The Morgan fingerprint density at radius 3 is 3.14 bits per heavy atom. The highest BCUT2D eigenvalue weighted by Gasteiger charge is 2.30. The van der Waals surface area contributed by atoms with Gasteiger partial charge in [0.1, 0.15) is 5.51 Å². The van der Waals surface area contributed by atoms with Gasteiger partial charge in [0.05, 0.1) is 12.0 Å². The maximum absolute atomic E-state index is 11.4.